The predicted octanol–water partition coefficient (Wildman–Crippen LogP) is 0.0185. The Hall–Kier alpha value is -1.10. The number of carbonyl (C=O) groups is 2. The number of hydrogen-bond donors (Lipinski definition) is 3. The van der Waals surface area contributed by atoms with Gasteiger partial charge in [-0.05, 0) is 13.0 Å². The second-order valence-electron chi connectivity index (χ2n) is 3.66. The van der Waals surface area contributed by atoms with Gasteiger partial charge in [-0.1, -0.05) is 19.8 Å². The monoisotopic (exact) mass is 229 g/mol. The SMILES string of the molecule is CCCCCNCC(=O)NCCC(=O)NC. The van der Waals surface area contributed by atoms with E-state index in [1.54, 1.807) is 7.05 Å². The minimum absolute atomic E-state index is 0.0552. The number of nitrogens with one attached hydrogen (secondary N) is 3. The normalized spacial score (nSPS) is 9.88. The van der Waals surface area contributed by atoms with Crippen molar-refractivity contribution in [3.05, 3.63) is 0 Å². The van der Waals surface area contributed by atoms with E-state index in [0.717, 1.165) is 13.0 Å². The molecule has 5 nitrogen and oxygen atoms in total. The van der Waals surface area contributed by atoms with Crippen molar-refractivity contribution in [3.63, 3.8) is 0 Å². The quantitative estimate of drug-likeness (QED) is 0.488. The van der Waals surface area contributed by atoms with Crippen LogP contribution in [0, 0.1) is 0 Å². The zero-order valence-corrected chi connectivity index (χ0v) is 10.3. The maximum Gasteiger partial charge on any atom is 0.233 e. The molecule has 0 aromatic heterocycles. The standard InChI is InChI=1S/C11H23N3O2/c1-3-4-5-7-13-9-11(16)14-8-6-10(15)12-2/h13H,3-9H2,1-2H3,(H,12,15)(H,14,16). The molecule has 3 N–H and O–H groups in total. The molecule has 0 aliphatic rings. The fourth-order valence-corrected chi connectivity index (χ4v) is 1.20. The zero-order chi connectivity index (χ0) is 12.2. The van der Waals surface area contributed by atoms with Gasteiger partial charge in [0.05, 0.1) is 6.54 Å². The van der Waals surface area contributed by atoms with Crippen molar-refractivity contribution in [2.24, 2.45) is 0 Å². The fraction of sp³-hybridized carbons (Fsp3) is 0.818. The number of hydrogen-bond acceptors (Lipinski definition) is 3. The lowest BCUT2D eigenvalue weighted by Gasteiger charge is -2.05. The lowest BCUT2D eigenvalue weighted by atomic mass is 10.2. The van der Waals surface area contributed by atoms with E-state index in [0.29, 0.717) is 19.5 Å². The van der Waals surface area contributed by atoms with E-state index in [2.05, 4.69) is 22.9 Å². The summed E-state index contributed by atoms with van der Waals surface area (Å²) in [5, 5.41) is 8.24. The van der Waals surface area contributed by atoms with E-state index >= 15 is 0 Å². The summed E-state index contributed by atoms with van der Waals surface area (Å²) in [5.41, 5.74) is 0. The van der Waals surface area contributed by atoms with Gasteiger partial charge in [0, 0.05) is 20.0 Å². The molecule has 0 aromatic carbocycles. The molecule has 94 valence electrons. The second kappa shape index (κ2) is 10.4. The summed E-state index contributed by atoms with van der Waals surface area (Å²) in [6.07, 6.45) is 3.80. The van der Waals surface area contributed by atoms with E-state index < -0.39 is 0 Å². The minimum Gasteiger partial charge on any atom is -0.359 e. The molecule has 0 unspecified atom stereocenters. The van der Waals surface area contributed by atoms with Gasteiger partial charge in [-0.2, -0.15) is 0 Å². The summed E-state index contributed by atoms with van der Waals surface area (Å²) in [7, 11) is 1.58. The highest BCUT2D eigenvalue weighted by atomic mass is 16.2. The Morgan fingerprint density at radius 3 is 2.44 bits per heavy atom. The highest BCUT2D eigenvalue weighted by molar-refractivity contribution is 5.79. The Bertz CT molecular complexity index is 207. The van der Waals surface area contributed by atoms with Crippen molar-refractivity contribution in [1.82, 2.24) is 16.0 Å². The van der Waals surface area contributed by atoms with Gasteiger partial charge in [0.1, 0.15) is 0 Å². The van der Waals surface area contributed by atoms with Gasteiger partial charge in [0.15, 0.2) is 0 Å². The first-order valence-electron chi connectivity index (χ1n) is 5.88. The molecule has 0 saturated heterocycles. The van der Waals surface area contributed by atoms with Crippen LogP contribution in [0.1, 0.15) is 32.6 Å². The van der Waals surface area contributed by atoms with Crippen LogP contribution in [0.5, 0.6) is 0 Å². The summed E-state index contributed by atoms with van der Waals surface area (Å²) < 4.78 is 0. The highest BCUT2D eigenvalue weighted by Crippen LogP contribution is 1.90. The summed E-state index contributed by atoms with van der Waals surface area (Å²) in [5.74, 6) is -0.114. The predicted molar refractivity (Wildman–Crippen MR) is 64.1 cm³/mol. The summed E-state index contributed by atoms with van der Waals surface area (Å²) in [6.45, 7) is 3.74. The fourth-order valence-electron chi connectivity index (χ4n) is 1.20. The van der Waals surface area contributed by atoms with Gasteiger partial charge >= 0.3 is 0 Å². The number of unbranched alkanes of at least 4 members (excludes halogenated alkanes) is 2. The molecule has 0 radical (unpaired) electrons. The molecule has 5 heteroatoms. The Morgan fingerprint density at radius 1 is 1.06 bits per heavy atom. The van der Waals surface area contributed by atoms with E-state index in [9.17, 15) is 9.59 Å². The van der Waals surface area contributed by atoms with Crippen molar-refractivity contribution < 1.29 is 9.59 Å². The molecule has 0 heterocycles. The molecule has 2 amide bonds. The van der Waals surface area contributed by atoms with Gasteiger partial charge in [0.25, 0.3) is 0 Å². The Kier molecular flexibility index (Phi) is 9.70. The molecule has 0 aliphatic heterocycles. The van der Waals surface area contributed by atoms with Gasteiger partial charge in [0.2, 0.25) is 11.8 Å². The maximum atomic E-state index is 11.2. The van der Waals surface area contributed by atoms with Crippen LogP contribution in [0.25, 0.3) is 0 Å². The third kappa shape index (κ3) is 9.45. The van der Waals surface area contributed by atoms with Crippen molar-refractivity contribution in [2.45, 2.75) is 32.6 Å². The van der Waals surface area contributed by atoms with Crippen LogP contribution < -0.4 is 16.0 Å². The van der Waals surface area contributed by atoms with Crippen LogP contribution in [0.15, 0.2) is 0 Å². The first kappa shape index (κ1) is 14.9. The van der Waals surface area contributed by atoms with Crippen LogP contribution in [-0.2, 0) is 9.59 Å². The van der Waals surface area contributed by atoms with Crippen molar-refractivity contribution in [1.29, 1.82) is 0 Å². The Morgan fingerprint density at radius 2 is 1.81 bits per heavy atom. The minimum atomic E-state index is -0.0591. The average molecular weight is 229 g/mol. The first-order chi connectivity index (χ1) is 7.70. The van der Waals surface area contributed by atoms with Crippen molar-refractivity contribution in [2.75, 3.05) is 26.7 Å². The molecular formula is C11H23N3O2. The van der Waals surface area contributed by atoms with Crippen molar-refractivity contribution in [3.8, 4) is 0 Å². The van der Waals surface area contributed by atoms with Crippen LogP contribution in [0.2, 0.25) is 0 Å². The molecule has 16 heavy (non-hydrogen) atoms. The highest BCUT2D eigenvalue weighted by Gasteiger charge is 2.01. The van der Waals surface area contributed by atoms with E-state index in [1.165, 1.54) is 12.8 Å². The summed E-state index contributed by atoms with van der Waals surface area (Å²) in [6, 6.07) is 0. The van der Waals surface area contributed by atoms with Crippen LogP contribution >= 0.6 is 0 Å². The molecular weight excluding hydrogens is 206 g/mol. The Labute approximate surface area is 97.4 Å². The maximum absolute atomic E-state index is 11.2. The first-order valence-corrected chi connectivity index (χ1v) is 5.88. The average Bonchev–Trinajstić information content (AvgIpc) is 2.28. The van der Waals surface area contributed by atoms with Crippen molar-refractivity contribution >= 4 is 11.8 Å². The number of amides is 2. The van der Waals surface area contributed by atoms with Gasteiger partial charge in [-0.3, -0.25) is 9.59 Å². The van der Waals surface area contributed by atoms with Gasteiger partial charge < -0.3 is 16.0 Å². The second-order valence-corrected chi connectivity index (χ2v) is 3.66. The van der Waals surface area contributed by atoms with Gasteiger partial charge in [-0.15, -0.1) is 0 Å². The molecule has 0 saturated carbocycles. The third-order valence-electron chi connectivity index (χ3n) is 2.20. The molecule has 0 spiro atoms. The molecule has 0 bridgehead atoms. The summed E-state index contributed by atoms with van der Waals surface area (Å²) >= 11 is 0. The largest absolute Gasteiger partial charge is 0.359 e. The van der Waals surface area contributed by atoms with Crippen LogP contribution in [0.3, 0.4) is 0 Å². The van der Waals surface area contributed by atoms with E-state index in [4.69, 9.17) is 0 Å². The number of rotatable bonds is 9. The zero-order valence-electron chi connectivity index (χ0n) is 10.3. The molecule has 0 atom stereocenters. The molecule has 0 aromatic rings. The lowest BCUT2D eigenvalue weighted by Crippen LogP contribution is -2.36. The smallest absolute Gasteiger partial charge is 0.233 e. The molecule has 0 aliphatic carbocycles. The van der Waals surface area contributed by atoms with E-state index in [1.807, 2.05) is 0 Å². The summed E-state index contributed by atoms with van der Waals surface area (Å²) in [4.78, 5) is 22.1. The third-order valence-corrected chi connectivity index (χ3v) is 2.20. The number of carbonyl (C=O) groups excluding carboxylic acids is 2. The van der Waals surface area contributed by atoms with Crippen LogP contribution in [0.4, 0.5) is 0 Å². The molecule has 0 rings (SSSR count). The van der Waals surface area contributed by atoms with E-state index in [-0.39, 0.29) is 11.8 Å². The van der Waals surface area contributed by atoms with Crippen LogP contribution in [-0.4, -0.2) is 38.5 Å². The lowest BCUT2D eigenvalue weighted by molar-refractivity contribution is -0.121. The topological polar surface area (TPSA) is 70.2 Å². The molecule has 0 fully saturated rings. The van der Waals surface area contributed by atoms with Gasteiger partial charge in [-0.25, -0.2) is 0 Å². The Balaban J connectivity index is 3.28.